The molecule has 1 saturated carbocycles. The molecule has 134 valence electrons. The minimum Gasteiger partial charge on any atom is -0.326 e. The van der Waals surface area contributed by atoms with Crippen LogP contribution in [-0.2, 0) is 27.3 Å². The van der Waals surface area contributed by atoms with Gasteiger partial charge < -0.3 is 4.90 Å². The first-order valence-corrected chi connectivity index (χ1v) is 9.00. The zero-order valence-electron chi connectivity index (χ0n) is 14.6. The number of hydrazine groups is 1. The van der Waals surface area contributed by atoms with Crippen LogP contribution in [-0.4, -0.2) is 28.7 Å². The Kier molecular flexibility index (Phi) is 5.36. The minimum atomic E-state index is -0.598. The molecule has 0 unspecified atom stereocenters. The van der Waals surface area contributed by atoms with Gasteiger partial charge >= 0.3 is 0 Å². The van der Waals surface area contributed by atoms with Gasteiger partial charge in [-0.15, -0.1) is 0 Å². The maximum Gasteiger partial charge on any atom is 0.261 e. The third-order valence-corrected chi connectivity index (χ3v) is 5.24. The molecule has 1 aliphatic heterocycles. The van der Waals surface area contributed by atoms with E-state index in [1.807, 2.05) is 24.3 Å². The van der Waals surface area contributed by atoms with E-state index in [9.17, 15) is 14.4 Å². The van der Waals surface area contributed by atoms with E-state index in [1.54, 1.807) is 4.90 Å². The van der Waals surface area contributed by atoms with E-state index in [1.165, 1.54) is 13.3 Å². The van der Waals surface area contributed by atoms with E-state index < -0.39 is 6.04 Å². The lowest BCUT2D eigenvalue weighted by Gasteiger charge is -2.35. The molecule has 0 spiro atoms. The molecule has 6 heteroatoms. The predicted octanol–water partition coefficient (Wildman–Crippen LogP) is 1.69. The highest BCUT2D eigenvalue weighted by Gasteiger charge is 2.33. The van der Waals surface area contributed by atoms with E-state index in [4.69, 9.17) is 0 Å². The second-order valence-electron chi connectivity index (χ2n) is 6.95. The number of nitrogens with zero attached hydrogens (tertiary/aromatic N) is 1. The summed E-state index contributed by atoms with van der Waals surface area (Å²) >= 11 is 0. The number of amides is 3. The zero-order valence-corrected chi connectivity index (χ0v) is 14.6. The van der Waals surface area contributed by atoms with E-state index in [0.29, 0.717) is 13.0 Å². The molecule has 2 N–H and O–H groups in total. The molecule has 0 saturated heterocycles. The molecule has 1 aromatic rings. The van der Waals surface area contributed by atoms with Crippen molar-refractivity contribution in [3.8, 4) is 0 Å². The van der Waals surface area contributed by atoms with Crippen LogP contribution in [0.5, 0.6) is 0 Å². The van der Waals surface area contributed by atoms with Crippen molar-refractivity contribution in [2.45, 2.75) is 58.0 Å². The van der Waals surface area contributed by atoms with Gasteiger partial charge in [-0.3, -0.25) is 25.2 Å². The van der Waals surface area contributed by atoms with Crippen LogP contribution in [0.1, 0.15) is 50.2 Å². The van der Waals surface area contributed by atoms with E-state index in [2.05, 4.69) is 10.9 Å². The number of rotatable bonds is 2. The lowest BCUT2D eigenvalue weighted by molar-refractivity contribution is -0.141. The van der Waals surface area contributed by atoms with Crippen LogP contribution in [0.25, 0.3) is 0 Å². The first-order valence-electron chi connectivity index (χ1n) is 9.00. The molecule has 0 bridgehead atoms. The molecule has 2 aliphatic rings. The van der Waals surface area contributed by atoms with Gasteiger partial charge in [-0.25, -0.2) is 0 Å². The normalized spacial score (nSPS) is 20.5. The average molecular weight is 343 g/mol. The fourth-order valence-corrected chi connectivity index (χ4v) is 3.76. The summed E-state index contributed by atoms with van der Waals surface area (Å²) in [4.78, 5) is 38.3. The van der Waals surface area contributed by atoms with Crippen LogP contribution in [0.4, 0.5) is 0 Å². The quantitative estimate of drug-likeness (QED) is 0.802. The fourth-order valence-electron chi connectivity index (χ4n) is 3.76. The SMILES string of the molecule is CC(=O)N1Cc2ccccc2C[C@@H]1C(=O)NNC(=O)C1CCCCC1. The molecule has 1 atom stereocenters. The van der Waals surface area contributed by atoms with Gasteiger partial charge in [0.2, 0.25) is 11.8 Å². The van der Waals surface area contributed by atoms with Gasteiger partial charge in [0.1, 0.15) is 6.04 Å². The van der Waals surface area contributed by atoms with Crippen LogP contribution in [0, 0.1) is 5.92 Å². The smallest absolute Gasteiger partial charge is 0.261 e. The van der Waals surface area contributed by atoms with Crippen molar-refractivity contribution < 1.29 is 14.4 Å². The van der Waals surface area contributed by atoms with Gasteiger partial charge in [-0.2, -0.15) is 0 Å². The minimum absolute atomic E-state index is 0.0231. The third kappa shape index (κ3) is 4.00. The van der Waals surface area contributed by atoms with Crippen LogP contribution in [0.2, 0.25) is 0 Å². The summed E-state index contributed by atoms with van der Waals surface area (Å²) in [5.41, 5.74) is 7.22. The van der Waals surface area contributed by atoms with Crippen LogP contribution in [0.3, 0.4) is 0 Å². The highest BCUT2D eigenvalue weighted by molar-refractivity contribution is 5.89. The maximum absolute atomic E-state index is 12.6. The number of carbonyl (C=O) groups excluding carboxylic acids is 3. The zero-order chi connectivity index (χ0) is 17.8. The Bertz CT molecular complexity index is 668. The van der Waals surface area contributed by atoms with Crippen molar-refractivity contribution in [1.29, 1.82) is 0 Å². The van der Waals surface area contributed by atoms with Crippen LogP contribution >= 0.6 is 0 Å². The average Bonchev–Trinajstić information content (AvgIpc) is 2.65. The summed E-state index contributed by atoms with van der Waals surface area (Å²) in [6, 6.07) is 7.22. The summed E-state index contributed by atoms with van der Waals surface area (Å²) in [5.74, 6) is -0.634. The van der Waals surface area contributed by atoms with Crippen LogP contribution < -0.4 is 10.9 Å². The fraction of sp³-hybridized carbons (Fsp3) is 0.526. The number of fused-ring (bicyclic) bond motifs is 1. The summed E-state index contributed by atoms with van der Waals surface area (Å²) in [5, 5.41) is 0. The Balaban J connectivity index is 1.63. The maximum atomic E-state index is 12.6. The molecule has 0 radical (unpaired) electrons. The van der Waals surface area contributed by atoms with Gasteiger partial charge in [-0.05, 0) is 24.0 Å². The molecule has 25 heavy (non-hydrogen) atoms. The molecular formula is C19H25N3O3. The van der Waals surface area contributed by atoms with E-state index in [-0.39, 0.29) is 23.6 Å². The molecule has 0 aromatic heterocycles. The van der Waals surface area contributed by atoms with E-state index in [0.717, 1.165) is 36.8 Å². The van der Waals surface area contributed by atoms with Gasteiger partial charge in [0.15, 0.2) is 0 Å². The van der Waals surface area contributed by atoms with E-state index >= 15 is 0 Å². The first kappa shape index (κ1) is 17.5. The highest BCUT2D eigenvalue weighted by Crippen LogP contribution is 2.24. The number of nitrogens with one attached hydrogen (secondary N) is 2. The predicted molar refractivity (Wildman–Crippen MR) is 93.0 cm³/mol. The number of benzene rings is 1. The van der Waals surface area contributed by atoms with Crippen molar-refractivity contribution in [2.24, 2.45) is 5.92 Å². The Labute approximate surface area is 147 Å². The molecule has 1 fully saturated rings. The van der Waals surface area contributed by atoms with Crippen molar-refractivity contribution in [2.75, 3.05) is 0 Å². The monoisotopic (exact) mass is 343 g/mol. The van der Waals surface area contributed by atoms with Crippen molar-refractivity contribution in [3.63, 3.8) is 0 Å². The van der Waals surface area contributed by atoms with Crippen molar-refractivity contribution >= 4 is 17.7 Å². The molecule has 6 nitrogen and oxygen atoms in total. The largest absolute Gasteiger partial charge is 0.326 e. The second-order valence-corrected chi connectivity index (χ2v) is 6.95. The summed E-state index contributed by atoms with van der Waals surface area (Å²) in [6.07, 6.45) is 5.50. The van der Waals surface area contributed by atoms with Crippen molar-refractivity contribution in [3.05, 3.63) is 35.4 Å². The number of carbonyl (C=O) groups is 3. The highest BCUT2D eigenvalue weighted by atomic mass is 16.2. The first-order chi connectivity index (χ1) is 12.1. The van der Waals surface area contributed by atoms with Gasteiger partial charge in [-0.1, -0.05) is 43.5 Å². The Hall–Kier alpha value is -2.37. The Morgan fingerprint density at radius 3 is 2.28 bits per heavy atom. The molecule has 1 aliphatic carbocycles. The number of hydrogen-bond acceptors (Lipinski definition) is 3. The summed E-state index contributed by atoms with van der Waals surface area (Å²) in [6.45, 7) is 1.88. The van der Waals surface area contributed by atoms with Gasteiger partial charge in [0, 0.05) is 25.8 Å². The summed E-state index contributed by atoms with van der Waals surface area (Å²) < 4.78 is 0. The van der Waals surface area contributed by atoms with Gasteiger partial charge in [0.05, 0.1) is 0 Å². The molecule has 1 heterocycles. The van der Waals surface area contributed by atoms with Crippen LogP contribution in [0.15, 0.2) is 24.3 Å². The topological polar surface area (TPSA) is 78.5 Å². The Morgan fingerprint density at radius 2 is 1.60 bits per heavy atom. The summed E-state index contributed by atoms with van der Waals surface area (Å²) in [7, 11) is 0. The lowest BCUT2D eigenvalue weighted by Crippen LogP contribution is -2.56. The lowest BCUT2D eigenvalue weighted by atomic mass is 9.89. The standard InChI is InChI=1S/C19H25N3O3/c1-13(23)22-12-16-10-6-5-9-15(16)11-17(22)19(25)21-20-18(24)14-7-3-2-4-8-14/h5-6,9-10,14,17H,2-4,7-8,11-12H2,1H3,(H,20,24)(H,21,25)/t17-/m1/s1. The third-order valence-electron chi connectivity index (χ3n) is 5.24. The second kappa shape index (κ2) is 7.68. The number of hydrogen-bond donors (Lipinski definition) is 2. The van der Waals surface area contributed by atoms with Crippen molar-refractivity contribution in [1.82, 2.24) is 15.8 Å². The molecule has 3 rings (SSSR count). The molecule has 1 aromatic carbocycles. The Morgan fingerprint density at radius 1 is 0.960 bits per heavy atom. The molecular weight excluding hydrogens is 318 g/mol. The molecule has 3 amide bonds. The van der Waals surface area contributed by atoms with Gasteiger partial charge in [0.25, 0.3) is 5.91 Å².